The molecule has 1 aromatic carbocycles. The van der Waals surface area contributed by atoms with Crippen LogP contribution >= 0.6 is 0 Å². The summed E-state index contributed by atoms with van der Waals surface area (Å²) < 4.78 is 2.22. The Morgan fingerprint density at radius 3 is 2.79 bits per heavy atom. The van der Waals surface area contributed by atoms with Crippen LogP contribution in [0.1, 0.15) is 44.7 Å². The molecule has 0 saturated carbocycles. The van der Waals surface area contributed by atoms with Gasteiger partial charge in [-0.05, 0) is 56.3 Å². The molecule has 3 atom stereocenters. The van der Waals surface area contributed by atoms with Gasteiger partial charge in [0.25, 0.3) is 0 Å². The Hall–Kier alpha value is -1.68. The Bertz CT molecular complexity index is 760. The highest BCUT2D eigenvalue weighted by Crippen LogP contribution is 2.29. The molecule has 4 rings (SSSR count). The molecular weight excluding hydrogens is 296 g/mol. The summed E-state index contributed by atoms with van der Waals surface area (Å²) in [4.78, 5) is 7.20. The summed E-state index contributed by atoms with van der Waals surface area (Å²) >= 11 is 0. The average molecular weight is 324 g/mol. The standard InChI is InChI=1S/C20H28N4/c1-14-4-7-18(21-11-14)16-5-6-17-13-24(22-19(17)10-16)20-8-9-23(3)12-15(20)2/h5-6,10,13-15,20H,4,7-9,11-12H2,1-3H3/t14-,15-,20-/m0/s1. The Labute approximate surface area is 144 Å². The topological polar surface area (TPSA) is 33.4 Å². The predicted octanol–water partition coefficient (Wildman–Crippen LogP) is 3.77. The van der Waals surface area contributed by atoms with Crippen molar-refractivity contribution >= 4 is 16.6 Å². The second kappa shape index (κ2) is 6.32. The predicted molar refractivity (Wildman–Crippen MR) is 99.9 cm³/mol. The molecule has 1 saturated heterocycles. The van der Waals surface area contributed by atoms with Crippen LogP contribution < -0.4 is 0 Å². The van der Waals surface area contributed by atoms with Crippen molar-refractivity contribution in [3.8, 4) is 0 Å². The van der Waals surface area contributed by atoms with Gasteiger partial charge in [-0.3, -0.25) is 9.67 Å². The lowest BCUT2D eigenvalue weighted by Gasteiger charge is -2.34. The Morgan fingerprint density at radius 2 is 2.04 bits per heavy atom. The molecule has 1 aromatic heterocycles. The van der Waals surface area contributed by atoms with Crippen molar-refractivity contribution in [2.24, 2.45) is 16.8 Å². The highest BCUT2D eigenvalue weighted by atomic mass is 15.3. The molecule has 128 valence electrons. The maximum Gasteiger partial charge on any atom is 0.0930 e. The summed E-state index contributed by atoms with van der Waals surface area (Å²) in [7, 11) is 2.21. The maximum atomic E-state index is 4.93. The van der Waals surface area contributed by atoms with E-state index in [0.29, 0.717) is 12.0 Å². The van der Waals surface area contributed by atoms with Gasteiger partial charge in [0, 0.05) is 30.4 Å². The number of benzene rings is 1. The van der Waals surface area contributed by atoms with Crippen LogP contribution in [0.5, 0.6) is 0 Å². The molecule has 0 N–H and O–H groups in total. The minimum Gasteiger partial charge on any atom is -0.306 e. The quantitative estimate of drug-likeness (QED) is 0.842. The normalized spacial score (nSPS) is 29.0. The summed E-state index contributed by atoms with van der Waals surface area (Å²) in [5, 5.41) is 6.17. The average Bonchev–Trinajstić information content (AvgIpc) is 2.98. The molecule has 4 heteroatoms. The molecule has 0 spiro atoms. The third-order valence-corrected chi connectivity index (χ3v) is 5.73. The third kappa shape index (κ3) is 3.00. The Balaban J connectivity index is 1.62. The molecule has 1 fully saturated rings. The number of hydrogen-bond donors (Lipinski definition) is 0. The van der Waals surface area contributed by atoms with E-state index in [1.807, 2.05) is 0 Å². The van der Waals surface area contributed by atoms with Gasteiger partial charge >= 0.3 is 0 Å². The van der Waals surface area contributed by atoms with Crippen LogP contribution in [-0.2, 0) is 0 Å². The molecule has 3 heterocycles. The van der Waals surface area contributed by atoms with Gasteiger partial charge in [0.15, 0.2) is 0 Å². The minimum absolute atomic E-state index is 0.518. The number of piperidine rings is 1. The molecule has 0 unspecified atom stereocenters. The second-order valence-corrected chi connectivity index (χ2v) is 7.91. The number of hydrogen-bond acceptors (Lipinski definition) is 3. The molecule has 0 amide bonds. The number of fused-ring (bicyclic) bond motifs is 1. The minimum atomic E-state index is 0.518. The van der Waals surface area contributed by atoms with Gasteiger partial charge in [-0.1, -0.05) is 26.0 Å². The summed E-state index contributed by atoms with van der Waals surface area (Å²) in [5.41, 5.74) is 3.63. The van der Waals surface area contributed by atoms with Crippen molar-refractivity contribution in [3.63, 3.8) is 0 Å². The van der Waals surface area contributed by atoms with Gasteiger partial charge in [0.05, 0.1) is 11.6 Å². The Kier molecular flexibility index (Phi) is 4.17. The number of rotatable bonds is 2. The van der Waals surface area contributed by atoms with E-state index in [9.17, 15) is 0 Å². The van der Waals surface area contributed by atoms with Crippen LogP contribution in [0.4, 0.5) is 0 Å². The van der Waals surface area contributed by atoms with Gasteiger partial charge in [-0.2, -0.15) is 5.10 Å². The molecule has 24 heavy (non-hydrogen) atoms. The highest BCUT2D eigenvalue weighted by molar-refractivity contribution is 6.03. The van der Waals surface area contributed by atoms with Crippen LogP contribution in [0.2, 0.25) is 0 Å². The smallest absolute Gasteiger partial charge is 0.0930 e. The molecule has 2 aromatic rings. The maximum absolute atomic E-state index is 4.93. The van der Waals surface area contributed by atoms with Gasteiger partial charge in [-0.15, -0.1) is 0 Å². The van der Waals surface area contributed by atoms with E-state index in [4.69, 9.17) is 10.1 Å². The lowest BCUT2D eigenvalue weighted by atomic mass is 9.94. The second-order valence-electron chi connectivity index (χ2n) is 7.91. The van der Waals surface area contributed by atoms with Gasteiger partial charge in [0.1, 0.15) is 0 Å². The zero-order chi connectivity index (χ0) is 16.7. The fraction of sp³-hybridized carbons (Fsp3) is 0.600. The first-order valence-electron chi connectivity index (χ1n) is 9.31. The molecule has 2 aliphatic heterocycles. The van der Waals surface area contributed by atoms with Gasteiger partial charge in [0.2, 0.25) is 0 Å². The number of likely N-dealkylation sites (tertiary alicyclic amines) is 1. The van der Waals surface area contributed by atoms with E-state index in [-0.39, 0.29) is 0 Å². The van der Waals surface area contributed by atoms with Crippen molar-refractivity contribution in [2.45, 2.75) is 39.2 Å². The van der Waals surface area contributed by atoms with Crippen molar-refractivity contribution in [1.82, 2.24) is 14.7 Å². The third-order valence-electron chi connectivity index (χ3n) is 5.73. The van der Waals surface area contributed by atoms with Crippen molar-refractivity contribution in [1.29, 1.82) is 0 Å². The summed E-state index contributed by atoms with van der Waals surface area (Å²) in [6.07, 6.45) is 5.76. The zero-order valence-corrected chi connectivity index (χ0v) is 15.1. The summed E-state index contributed by atoms with van der Waals surface area (Å²) in [5.74, 6) is 1.37. The van der Waals surface area contributed by atoms with Crippen molar-refractivity contribution < 1.29 is 0 Å². The number of aliphatic imine (C=N–C) groups is 1. The van der Waals surface area contributed by atoms with E-state index in [0.717, 1.165) is 37.5 Å². The van der Waals surface area contributed by atoms with E-state index in [2.05, 4.69) is 54.9 Å². The van der Waals surface area contributed by atoms with Gasteiger partial charge in [-0.25, -0.2) is 0 Å². The SMILES string of the molecule is C[C@H]1CCC(c2ccc3cn([C@H]4CCN(C)C[C@@H]4C)nc3c2)=NC1. The van der Waals surface area contributed by atoms with E-state index in [1.165, 1.54) is 29.5 Å². The molecule has 0 aliphatic carbocycles. The summed E-state index contributed by atoms with van der Waals surface area (Å²) in [6.45, 7) is 7.91. The Morgan fingerprint density at radius 1 is 1.17 bits per heavy atom. The van der Waals surface area contributed by atoms with Gasteiger partial charge < -0.3 is 4.90 Å². The van der Waals surface area contributed by atoms with Crippen LogP contribution in [0, 0.1) is 11.8 Å². The fourth-order valence-electron chi connectivity index (χ4n) is 4.17. The first kappa shape index (κ1) is 15.8. The molecule has 2 aliphatic rings. The van der Waals surface area contributed by atoms with E-state index >= 15 is 0 Å². The zero-order valence-electron chi connectivity index (χ0n) is 15.1. The van der Waals surface area contributed by atoms with E-state index in [1.54, 1.807) is 0 Å². The van der Waals surface area contributed by atoms with Crippen LogP contribution in [0.25, 0.3) is 10.9 Å². The first-order valence-corrected chi connectivity index (χ1v) is 9.31. The fourth-order valence-corrected chi connectivity index (χ4v) is 4.17. The molecule has 0 bridgehead atoms. The highest BCUT2D eigenvalue weighted by Gasteiger charge is 2.26. The first-order chi connectivity index (χ1) is 11.6. The lowest BCUT2D eigenvalue weighted by Crippen LogP contribution is -2.37. The van der Waals surface area contributed by atoms with Crippen molar-refractivity contribution in [2.75, 3.05) is 26.7 Å². The monoisotopic (exact) mass is 324 g/mol. The van der Waals surface area contributed by atoms with E-state index < -0.39 is 0 Å². The van der Waals surface area contributed by atoms with Crippen molar-refractivity contribution in [3.05, 3.63) is 30.0 Å². The number of nitrogens with zero attached hydrogens (tertiary/aromatic N) is 4. The summed E-state index contributed by atoms with van der Waals surface area (Å²) in [6, 6.07) is 7.19. The van der Waals surface area contributed by atoms with Crippen LogP contribution in [0.15, 0.2) is 29.4 Å². The van der Waals surface area contributed by atoms with Crippen LogP contribution in [-0.4, -0.2) is 47.1 Å². The molecular formula is C20H28N4. The molecule has 4 nitrogen and oxygen atoms in total. The largest absolute Gasteiger partial charge is 0.306 e. The van der Waals surface area contributed by atoms with Crippen LogP contribution in [0.3, 0.4) is 0 Å². The lowest BCUT2D eigenvalue weighted by molar-refractivity contribution is 0.151. The molecule has 0 radical (unpaired) electrons. The number of aromatic nitrogens is 2.